The van der Waals surface area contributed by atoms with Crippen LogP contribution in [0.1, 0.15) is 39.5 Å². The number of ether oxygens (including phenoxy) is 1. The number of hydrogen-bond donors (Lipinski definition) is 1. The van der Waals surface area contributed by atoms with Crippen LogP contribution < -0.4 is 5.32 Å². The van der Waals surface area contributed by atoms with Crippen LogP contribution in [0, 0.1) is 5.92 Å². The predicted molar refractivity (Wildman–Crippen MR) is 74.1 cm³/mol. The second-order valence-corrected chi connectivity index (χ2v) is 6.91. The number of rotatable bonds is 6. The highest BCUT2D eigenvalue weighted by Crippen LogP contribution is 2.18. The maximum Gasteiger partial charge on any atom is 0.309 e. The molecule has 19 heavy (non-hydrogen) atoms. The molecule has 1 aliphatic carbocycles. The Morgan fingerprint density at radius 1 is 1.32 bits per heavy atom. The minimum Gasteiger partial charge on any atom is -0.469 e. The lowest BCUT2D eigenvalue weighted by Gasteiger charge is -2.17. The fourth-order valence-electron chi connectivity index (χ4n) is 2.17. The SMILES string of the molecule is COC(=O)C(C)CS(=O)C(C)C(=O)NC1CCCC1. The van der Waals surface area contributed by atoms with E-state index in [2.05, 4.69) is 10.1 Å². The topological polar surface area (TPSA) is 72.5 Å². The minimum atomic E-state index is -1.36. The van der Waals surface area contributed by atoms with Crippen molar-refractivity contribution in [2.75, 3.05) is 12.9 Å². The Morgan fingerprint density at radius 3 is 2.42 bits per heavy atom. The molecular weight excluding hydrogens is 266 g/mol. The van der Waals surface area contributed by atoms with Gasteiger partial charge in [0.25, 0.3) is 0 Å². The van der Waals surface area contributed by atoms with Crippen molar-refractivity contribution in [1.82, 2.24) is 5.32 Å². The molecule has 5 nitrogen and oxygen atoms in total. The van der Waals surface area contributed by atoms with Gasteiger partial charge in [0.1, 0.15) is 5.25 Å². The Hall–Kier alpha value is -0.910. The summed E-state index contributed by atoms with van der Waals surface area (Å²) in [6.45, 7) is 3.30. The van der Waals surface area contributed by atoms with E-state index in [0.29, 0.717) is 0 Å². The van der Waals surface area contributed by atoms with E-state index in [1.165, 1.54) is 7.11 Å². The number of esters is 1. The van der Waals surface area contributed by atoms with Crippen molar-refractivity contribution in [3.05, 3.63) is 0 Å². The molecular formula is C13H23NO4S. The Bertz CT molecular complexity index is 353. The quantitative estimate of drug-likeness (QED) is 0.740. The van der Waals surface area contributed by atoms with Gasteiger partial charge in [-0.25, -0.2) is 0 Å². The summed E-state index contributed by atoms with van der Waals surface area (Å²) >= 11 is 0. The van der Waals surface area contributed by atoms with Crippen LogP contribution in [0.25, 0.3) is 0 Å². The summed E-state index contributed by atoms with van der Waals surface area (Å²) < 4.78 is 16.6. The lowest BCUT2D eigenvalue weighted by molar-refractivity contribution is -0.144. The first-order valence-electron chi connectivity index (χ1n) is 6.71. The predicted octanol–water partition coefficient (Wildman–Crippen LogP) is 0.991. The van der Waals surface area contributed by atoms with E-state index in [1.807, 2.05) is 0 Å². The largest absolute Gasteiger partial charge is 0.469 e. The average Bonchev–Trinajstić information content (AvgIpc) is 2.89. The second-order valence-electron chi connectivity index (χ2n) is 5.10. The van der Waals surface area contributed by atoms with Crippen LogP contribution in [0.2, 0.25) is 0 Å². The molecule has 6 heteroatoms. The fourth-order valence-corrected chi connectivity index (χ4v) is 3.39. The normalized spacial score (nSPS) is 20.6. The summed E-state index contributed by atoms with van der Waals surface area (Å²) in [5.74, 6) is -0.863. The van der Waals surface area contributed by atoms with Gasteiger partial charge in [0.05, 0.1) is 13.0 Å². The van der Waals surface area contributed by atoms with Crippen LogP contribution in [0.3, 0.4) is 0 Å². The highest BCUT2D eigenvalue weighted by Gasteiger charge is 2.27. The molecule has 1 saturated carbocycles. The Labute approximate surface area is 116 Å². The molecule has 3 unspecified atom stereocenters. The zero-order valence-corrected chi connectivity index (χ0v) is 12.6. The highest BCUT2D eigenvalue weighted by atomic mass is 32.2. The van der Waals surface area contributed by atoms with Crippen LogP contribution >= 0.6 is 0 Å². The molecule has 0 bridgehead atoms. The first-order chi connectivity index (χ1) is 8.95. The van der Waals surface area contributed by atoms with E-state index >= 15 is 0 Å². The number of carbonyl (C=O) groups is 2. The zero-order chi connectivity index (χ0) is 14.4. The molecule has 1 fully saturated rings. The van der Waals surface area contributed by atoms with Crippen LogP contribution in [0.5, 0.6) is 0 Å². The smallest absolute Gasteiger partial charge is 0.309 e. The van der Waals surface area contributed by atoms with Crippen molar-refractivity contribution >= 4 is 22.7 Å². The molecule has 0 heterocycles. The molecule has 0 aliphatic heterocycles. The van der Waals surface area contributed by atoms with Gasteiger partial charge in [0.15, 0.2) is 0 Å². The lowest BCUT2D eigenvalue weighted by atomic mass is 10.2. The van der Waals surface area contributed by atoms with Gasteiger partial charge in [-0.05, 0) is 19.8 Å². The monoisotopic (exact) mass is 289 g/mol. The van der Waals surface area contributed by atoms with Crippen molar-refractivity contribution in [2.24, 2.45) is 5.92 Å². The number of carbonyl (C=O) groups excluding carboxylic acids is 2. The van der Waals surface area contributed by atoms with Gasteiger partial charge in [-0.1, -0.05) is 19.8 Å². The van der Waals surface area contributed by atoms with E-state index in [4.69, 9.17) is 0 Å². The Morgan fingerprint density at radius 2 is 1.89 bits per heavy atom. The van der Waals surface area contributed by atoms with Gasteiger partial charge < -0.3 is 10.1 Å². The highest BCUT2D eigenvalue weighted by molar-refractivity contribution is 7.86. The molecule has 1 N–H and O–H groups in total. The number of amides is 1. The third kappa shape index (κ3) is 4.93. The van der Waals surface area contributed by atoms with Crippen molar-refractivity contribution in [2.45, 2.75) is 50.8 Å². The maximum absolute atomic E-state index is 12.0. The maximum atomic E-state index is 12.0. The van der Waals surface area contributed by atoms with E-state index in [9.17, 15) is 13.8 Å². The molecule has 0 spiro atoms. The zero-order valence-electron chi connectivity index (χ0n) is 11.8. The van der Waals surface area contributed by atoms with Crippen molar-refractivity contribution in [3.8, 4) is 0 Å². The number of hydrogen-bond acceptors (Lipinski definition) is 4. The Balaban J connectivity index is 2.42. The summed E-state index contributed by atoms with van der Waals surface area (Å²) in [5.41, 5.74) is 0. The van der Waals surface area contributed by atoms with Crippen LogP contribution in [0.15, 0.2) is 0 Å². The molecule has 3 atom stereocenters. The molecule has 0 aromatic heterocycles. The second kappa shape index (κ2) is 7.62. The van der Waals surface area contributed by atoms with Gasteiger partial charge in [-0.2, -0.15) is 0 Å². The van der Waals surface area contributed by atoms with Gasteiger partial charge >= 0.3 is 5.97 Å². The van der Waals surface area contributed by atoms with Gasteiger partial charge in [0, 0.05) is 22.6 Å². The van der Waals surface area contributed by atoms with Crippen LogP contribution in [0.4, 0.5) is 0 Å². The average molecular weight is 289 g/mol. The minimum absolute atomic E-state index is 0.159. The lowest BCUT2D eigenvalue weighted by Crippen LogP contribution is -2.42. The molecule has 0 aromatic carbocycles. The number of nitrogens with one attached hydrogen (secondary N) is 1. The standard InChI is InChI=1S/C13H23NO4S/c1-9(13(16)18-3)8-19(17)10(2)12(15)14-11-6-4-5-7-11/h9-11H,4-8H2,1-3H3,(H,14,15). The van der Waals surface area contributed by atoms with E-state index in [-0.39, 0.29) is 17.7 Å². The fraction of sp³-hybridized carbons (Fsp3) is 0.846. The van der Waals surface area contributed by atoms with E-state index in [0.717, 1.165) is 25.7 Å². The summed E-state index contributed by atoms with van der Waals surface area (Å²) in [4.78, 5) is 23.2. The third-order valence-electron chi connectivity index (χ3n) is 3.48. The van der Waals surface area contributed by atoms with Crippen LogP contribution in [-0.2, 0) is 25.1 Å². The van der Waals surface area contributed by atoms with Crippen molar-refractivity contribution in [1.29, 1.82) is 0 Å². The molecule has 1 aliphatic rings. The summed E-state index contributed by atoms with van der Waals surface area (Å²) in [5, 5.41) is 2.34. The molecule has 1 rings (SSSR count). The van der Waals surface area contributed by atoms with E-state index < -0.39 is 27.9 Å². The first-order valence-corrected chi connectivity index (χ1v) is 8.09. The van der Waals surface area contributed by atoms with Gasteiger partial charge in [-0.15, -0.1) is 0 Å². The summed E-state index contributed by atoms with van der Waals surface area (Å²) in [6, 6.07) is 0.227. The van der Waals surface area contributed by atoms with E-state index in [1.54, 1.807) is 13.8 Å². The van der Waals surface area contributed by atoms with Crippen molar-refractivity contribution < 1.29 is 18.5 Å². The molecule has 0 saturated heterocycles. The van der Waals surface area contributed by atoms with Crippen molar-refractivity contribution in [3.63, 3.8) is 0 Å². The Kier molecular flexibility index (Phi) is 6.48. The molecule has 1 amide bonds. The van der Waals surface area contributed by atoms with Gasteiger partial charge in [0.2, 0.25) is 5.91 Å². The number of methoxy groups -OCH3 is 1. The van der Waals surface area contributed by atoms with Gasteiger partial charge in [-0.3, -0.25) is 13.8 Å². The third-order valence-corrected chi connectivity index (χ3v) is 5.31. The summed E-state index contributed by atoms with van der Waals surface area (Å²) in [6.07, 6.45) is 4.29. The summed E-state index contributed by atoms with van der Waals surface area (Å²) in [7, 11) is -0.0564. The molecule has 0 radical (unpaired) electrons. The molecule has 0 aromatic rings. The van der Waals surface area contributed by atoms with Crippen LogP contribution in [-0.4, -0.2) is 40.2 Å². The first kappa shape index (κ1) is 16.1. The molecule has 110 valence electrons.